The van der Waals surface area contributed by atoms with Gasteiger partial charge in [-0.25, -0.2) is 0 Å². The number of hydrogen-bond donors (Lipinski definition) is 2. The van der Waals surface area contributed by atoms with Crippen LogP contribution in [0.3, 0.4) is 0 Å². The Morgan fingerprint density at radius 2 is 1.60 bits per heavy atom. The number of ether oxygens (including phenoxy) is 1. The molecule has 2 aromatic rings. The van der Waals surface area contributed by atoms with E-state index in [1.54, 1.807) is 4.90 Å². The summed E-state index contributed by atoms with van der Waals surface area (Å²) in [6.07, 6.45) is 2.87. The van der Waals surface area contributed by atoms with Gasteiger partial charge in [-0.1, -0.05) is 37.3 Å². The lowest BCUT2D eigenvalue weighted by molar-refractivity contribution is -0.160. The largest absolute Gasteiger partial charge is 0.481 e. The monoisotopic (exact) mass is 413 g/mol. The van der Waals surface area contributed by atoms with Gasteiger partial charge >= 0.3 is 11.9 Å². The van der Waals surface area contributed by atoms with E-state index in [-0.39, 0.29) is 0 Å². The van der Waals surface area contributed by atoms with Crippen molar-refractivity contribution < 1.29 is 29.3 Å². The summed E-state index contributed by atoms with van der Waals surface area (Å²) in [4.78, 5) is 33.2. The van der Waals surface area contributed by atoms with Crippen LogP contribution in [0, 0.1) is 11.8 Å². The average Bonchev–Trinajstić information content (AvgIpc) is 2.67. The van der Waals surface area contributed by atoms with Crippen molar-refractivity contribution in [2.45, 2.75) is 32.7 Å². The van der Waals surface area contributed by atoms with E-state index in [2.05, 4.69) is 6.92 Å². The summed E-state index contributed by atoms with van der Waals surface area (Å²) in [5, 5.41) is 16.8. The first kappa shape index (κ1) is 22.9. The molecule has 2 atom stereocenters. The van der Waals surface area contributed by atoms with Crippen LogP contribution in [0.15, 0.2) is 54.6 Å². The van der Waals surface area contributed by atoms with E-state index in [0.29, 0.717) is 19.4 Å². The van der Waals surface area contributed by atoms with E-state index in [0.717, 1.165) is 36.4 Å². The Bertz CT molecular complexity index is 819. The molecule has 1 aliphatic carbocycles. The molecule has 3 rings (SSSR count). The number of amides is 1. The van der Waals surface area contributed by atoms with Crippen LogP contribution in [0.25, 0.3) is 0 Å². The van der Waals surface area contributed by atoms with Gasteiger partial charge in [0.05, 0.1) is 11.8 Å². The lowest BCUT2D eigenvalue weighted by atomic mass is 9.74. The summed E-state index contributed by atoms with van der Waals surface area (Å²) >= 11 is 0. The number of benzene rings is 2. The second kappa shape index (κ2) is 11.6. The van der Waals surface area contributed by atoms with Gasteiger partial charge in [-0.15, -0.1) is 0 Å². The molecule has 0 radical (unpaired) electrons. The molecule has 0 aromatic heterocycles. The van der Waals surface area contributed by atoms with Gasteiger partial charge in [0.2, 0.25) is 6.41 Å². The minimum Gasteiger partial charge on any atom is -0.481 e. The van der Waals surface area contributed by atoms with Crippen molar-refractivity contribution >= 4 is 18.3 Å². The van der Waals surface area contributed by atoms with E-state index in [1.807, 2.05) is 54.6 Å². The molecule has 2 aromatic carbocycles. The van der Waals surface area contributed by atoms with E-state index < -0.39 is 23.8 Å². The van der Waals surface area contributed by atoms with Gasteiger partial charge in [0, 0.05) is 13.1 Å². The molecule has 2 unspecified atom stereocenters. The maximum Gasteiger partial charge on any atom is 0.307 e. The van der Waals surface area contributed by atoms with Crippen molar-refractivity contribution in [1.29, 1.82) is 0 Å². The Morgan fingerprint density at radius 3 is 2.10 bits per heavy atom. The molecule has 0 heterocycles. The molecule has 1 saturated carbocycles. The van der Waals surface area contributed by atoms with E-state index in [4.69, 9.17) is 14.9 Å². The lowest BCUT2D eigenvalue weighted by Gasteiger charge is -2.29. The van der Waals surface area contributed by atoms with Crippen molar-refractivity contribution in [3.63, 3.8) is 0 Å². The zero-order valence-corrected chi connectivity index (χ0v) is 16.9. The van der Waals surface area contributed by atoms with Gasteiger partial charge in [-0.3, -0.25) is 14.4 Å². The molecule has 1 fully saturated rings. The molecule has 30 heavy (non-hydrogen) atoms. The molecule has 0 aliphatic heterocycles. The van der Waals surface area contributed by atoms with Crippen LogP contribution in [0.2, 0.25) is 0 Å². The Hall–Kier alpha value is -3.35. The molecule has 2 N–H and O–H groups in total. The van der Waals surface area contributed by atoms with Crippen molar-refractivity contribution in [2.75, 3.05) is 6.54 Å². The van der Waals surface area contributed by atoms with Crippen LogP contribution in [0.1, 0.15) is 31.7 Å². The highest BCUT2D eigenvalue weighted by molar-refractivity contribution is 5.81. The maximum atomic E-state index is 11.0. The number of nitrogens with zero attached hydrogens (tertiary/aromatic N) is 1. The summed E-state index contributed by atoms with van der Waals surface area (Å²) in [5.74, 6) is -1.66. The fraction of sp³-hybridized carbons (Fsp3) is 0.348. The standard InChI is InChI=1S/C17H19NO2.C6H8O4/c1-2-11-18(14-19)13-15-7-6-10-17(12-15)20-16-8-4-3-5-9-16;7-5(8)3-1-2-4(3)6(9)10/h3-10,12,14H,2,11,13H2,1H3;3-4H,1-2H2,(H,7,8)(H,9,10). The highest BCUT2D eigenvalue weighted by Crippen LogP contribution is 2.34. The van der Waals surface area contributed by atoms with Gasteiger partial charge in [0.1, 0.15) is 11.5 Å². The molecule has 1 aliphatic rings. The third kappa shape index (κ3) is 6.92. The Balaban J connectivity index is 0.000000269. The third-order valence-electron chi connectivity index (χ3n) is 4.83. The average molecular weight is 413 g/mol. The minimum absolute atomic E-state index is 0.506. The molecule has 7 heteroatoms. The number of carboxylic acids is 2. The third-order valence-corrected chi connectivity index (χ3v) is 4.83. The van der Waals surface area contributed by atoms with Crippen LogP contribution in [-0.2, 0) is 20.9 Å². The highest BCUT2D eigenvalue weighted by atomic mass is 16.5. The fourth-order valence-corrected chi connectivity index (χ4v) is 3.11. The van der Waals surface area contributed by atoms with Crippen LogP contribution in [0.4, 0.5) is 0 Å². The molecule has 0 saturated heterocycles. The topological polar surface area (TPSA) is 104 Å². The van der Waals surface area contributed by atoms with Crippen LogP contribution >= 0.6 is 0 Å². The predicted octanol–water partition coefficient (Wildman–Crippen LogP) is 4.03. The lowest BCUT2D eigenvalue weighted by Crippen LogP contribution is -2.37. The maximum absolute atomic E-state index is 11.0. The normalized spacial score (nSPS) is 17.0. The quantitative estimate of drug-likeness (QED) is 0.602. The van der Waals surface area contributed by atoms with Crippen LogP contribution < -0.4 is 4.74 Å². The van der Waals surface area contributed by atoms with Crippen molar-refractivity contribution in [2.24, 2.45) is 11.8 Å². The van der Waals surface area contributed by atoms with Crippen molar-refractivity contribution in [3.8, 4) is 11.5 Å². The summed E-state index contributed by atoms with van der Waals surface area (Å²) in [6.45, 7) is 3.45. The SMILES string of the molecule is CCCN(C=O)Cc1cccc(Oc2ccccc2)c1.O=C(O)C1CCC1C(=O)O. The summed E-state index contributed by atoms with van der Waals surface area (Å²) in [7, 11) is 0. The Kier molecular flexibility index (Phi) is 8.87. The van der Waals surface area contributed by atoms with Gasteiger partial charge in [-0.05, 0) is 49.1 Å². The summed E-state index contributed by atoms with van der Waals surface area (Å²) < 4.78 is 5.79. The second-order valence-electron chi connectivity index (χ2n) is 7.11. The number of carboxylic acid groups (broad SMARTS) is 2. The smallest absolute Gasteiger partial charge is 0.307 e. The first-order valence-corrected chi connectivity index (χ1v) is 9.91. The van der Waals surface area contributed by atoms with E-state index in [1.165, 1.54) is 0 Å². The number of aliphatic carboxylic acids is 2. The zero-order valence-electron chi connectivity index (χ0n) is 16.9. The van der Waals surface area contributed by atoms with E-state index in [9.17, 15) is 14.4 Å². The molecular weight excluding hydrogens is 386 g/mol. The number of para-hydroxylation sites is 1. The van der Waals surface area contributed by atoms with Gasteiger partial charge in [0.15, 0.2) is 0 Å². The van der Waals surface area contributed by atoms with Crippen molar-refractivity contribution in [1.82, 2.24) is 4.90 Å². The Labute approximate surface area is 175 Å². The second-order valence-corrected chi connectivity index (χ2v) is 7.11. The number of hydrogen-bond acceptors (Lipinski definition) is 4. The first-order chi connectivity index (χ1) is 14.4. The van der Waals surface area contributed by atoms with Gasteiger partial charge in [-0.2, -0.15) is 0 Å². The molecule has 1 amide bonds. The van der Waals surface area contributed by atoms with Crippen LogP contribution in [0.5, 0.6) is 11.5 Å². The minimum atomic E-state index is -0.987. The van der Waals surface area contributed by atoms with Gasteiger partial charge in [0.25, 0.3) is 0 Å². The first-order valence-electron chi connectivity index (χ1n) is 9.91. The van der Waals surface area contributed by atoms with Gasteiger partial charge < -0.3 is 19.8 Å². The molecule has 0 spiro atoms. The molecule has 160 valence electrons. The van der Waals surface area contributed by atoms with Crippen molar-refractivity contribution in [3.05, 3.63) is 60.2 Å². The van der Waals surface area contributed by atoms with E-state index >= 15 is 0 Å². The zero-order chi connectivity index (χ0) is 21.9. The summed E-state index contributed by atoms with van der Waals surface area (Å²) in [5.41, 5.74) is 1.07. The van der Waals surface area contributed by atoms with Crippen LogP contribution in [-0.4, -0.2) is 40.0 Å². The number of carbonyl (C=O) groups excluding carboxylic acids is 1. The fourth-order valence-electron chi connectivity index (χ4n) is 3.11. The molecule has 7 nitrogen and oxygen atoms in total. The highest BCUT2D eigenvalue weighted by Gasteiger charge is 2.41. The Morgan fingerprint density at radius 1 is 1.00 bits per heavy atom. The summed E-state index contributed by atoms with van der Waals surface area (Å²) in [6, 6.07) is 17.5. The molecular formula is C23H27NO6. The predicted molar refractivity (Wildman–Crippen MR) is 111 cm³/mol. The molecule has 0 bridgehead atoms. The number of carbonyl (C=O) groups is 3. The number of rotatable bonds is 9.